The fourth-order valence-electron chi connectivity index (χ4n) is 3.92. The van der Waals surface area contributed by atoms with Crippen molar-refractivity contribution in [2.45, 2.75) is 45.2 Å². The first-order valence-electron chi connectivity index (χ1n) is 10.5. The van der Waals surface area contributed by atoms with Crippen LogP contribution in [0.25, 0.3) is 11.1 Å². The molecule has 2 amide bonds. The Labute approximate surface area is 177 Å². The summed E-state index contributed by atoms with van der Waals surface area (Å²) in [6.07, 6.45) is 3.71. The number of rotatable bonds is 6. The van der Waals surface area contributed by atoms with Gasteiger partial charge in [-0.3, -0.25) is 9.59 Å². The third-order valence-electron chi connectivity index (χ3n) is 6.07. The average molecular weight is 412 g/mol. The van der Waals surface area contributed by atoms with E-state index in [9.17, 15) is 14.0 Å². The van der Waals surface area contributed by atoms with Crippen LogP contribution in [0.2, 0.25) is 0 Å². The number of carbonyl (C=O) groups excluding carboxylic acids is 2. The molecule has 0 aliphatic heterocycles. The molecular weight excluding hydrogens is 381 g/mol. The van der Waals surface area contributed by atoms with E-state index in [4.69, 9.17) is 0 Å². The lowest BCUT2D eigenvalue weighted by Gasteiger charge is -2.27. The van der Waals surface area contributed by atoms with Crippen LogP contribution in [0.3, 0.4) is 0 Å². The van der Waals surface area contributed by atoms with Gasteiger partial charge in [0.1, 0.15) is 5.82 Å². The van der Waals surface area contributed by atoms with Crippen molar-refractivity contribution in [3.8, 4) is 11.1 Å². The zero-order valence-electron chi connectivity index (χ0n) is 17.9. The van der Waals surface area contributed by atoms with Crippen LogP contribution in [0, 0.1) is 11.7 Å². The van der Waals surface area contributed by atoms with E-state index >= 15 is 0 Å². The van der Waals surface area contributed by atoms with E-state index < -0.39 is 0 Å². The molecule has 0 heterocycles. The summed E-state index contributed by atoms with van der Waals surface area (Å²) >= 11 is 0. The Hall–Kier alpha value is -2.73. The van der Waals surface area contributed by atoms with Crippen molar-refractivity contribution in [3.63, 3.8) is 0 Å². The van der Waals surface area contributed by atoms with Gasteiger partial charge in [-0.15, -0.1) is 0 Å². The predicted octanol–water partition coefficient (Wildman–Crippen LogP) is 3.87. The van der Waals surface area contributed by atoms with E-state index in [1.165, 1.54) is 13.0 Å². The van der Waals surface area contributed by atoms with E-state index in [1.807, 2.05) is 31.3 Å². The van der Waals surface area contributed by atoms with Gasteiger partial charge in [-0.25, -0.2) is 4.39 Å². The monoisotopic (exact) mass is 411 g/mol. The van der Waals surface area contributed by atoms with Crippen molar-refractivity contribution in [1.82, 2.24) is 10.6 Å². The van der Waals surface area contributed by atoms with E-state index in [-0.39, 0.29) is 30.1 Å². The molecular formula is C24H30FN3O2. The SMILES string of the molecule is CNC1CCC(C(=O)NCc2cc(-c3ccc(N(C)C(C)=O)cc3)ccc2F)CC1. The van der Waals surface area contributed by atoms with Gasteiger partial charge in [-0.05, 0) is 68.1 Å². The highest BCUT2D eigenvalue weighted by Gasteiger charge is 2.25. The molecule has 2 aromatic rings. The maximum Gasteiger partial charge on any atom is 0.223 e. The molecule has 2 aromatic carbocycles. The van der Waals surface area contributed by atoms with Gasteiger partial charge < -0.3 is 15.5 Å². The minimum Gasteiger partial charge on any atom is -0.352 e. The molecule has 0 spiro atoms. The molecule has 6 heteroatoms. The Morgan fingerprint density at radius 1 is 1.03 bits per heavy atom. The maximum absolute atomic E-state index is 14.3. The number of nitrogens with one attached hydrogen (secondary N) is 2. The zero-order valence-corrected chi connectivity index (χ0v) is 17.9. The van der Waals surface area contributed by atoms with Gasteiger partial charge in [-0.2, -0.15) is 0 Å². The van der Waals surface area contributed by atoms with Crippen LogP contribution in [0.4, 0.5) is 10.1 Å². The van der Waals surface area contributed by atoms with Crippen molar-refractivity contribution in [3.05, 3.63) is 53.8 Å². The molecule has 1 aliphatic rings. The number of anilines is 1. The lowest BCUT2D eigenvalue weighted by atomic mass is 9.85. The third kappa shape index (κ3) is 5.25. The van der Waals surface area contributed by atoms with Crippen molar-refractivity contribution < 1.29 is 14.0 Å². The van der Waals surface area contributed by atoms with Crippen LogP contribution in [-0.4, -0.2) is 32.0 Å². The number of hydrogen-bond acceptors (Lipinski definition) is 3. The second-order valence-electron chi connectivity index (χ2n) is 7.99. The summed E-state index contributed by atoms with van der Waals surface area (Å²) in [5.41, 5.74) is 3.06. The molecule has 0 aromatic heterocycles. The second kappa shape index (κ2) is 9.85. The van der Waals surface area contributed by atoms with Crippen LogP contribution in [-0.2, 0) is 16.1 Å². The molecule has 3 rings (SSSR count). The molecule has 0 saturated heterocycles. The van der Waals surface area contributed by atoms with E-state index in [2.05, 4.69) is 10.6 Å². The summed E-state index contributed by atoms with van der Waals surface area (Å²) in [6.45, 7) is 1.69. The summed E-state index contributed by atoms with van der Waals surface area (Å²) < 4.78 is 14.3. The molecule has 30 heavy (non-hydrogen) atoms. The molecule has 0 unspecified atom stereocenters. The highest BCUT2D eigenvalue weighted by Crippen LogP contribution is 2.26. The van der Waals surface area contributed by atoms with E-state index in [0.717, 1.165) is 42.5 Å². The van der Waals surface area contributed by atoms with Crippen LogP contribution < -0.4 is 15.5 Å². The Balaban J connectivity index is 1.65. The largest absolute Gasteiger partial charge is 0.352 e. The van der Waals surface area contributed by atoms with Gasteiger partial charge >= 0.3 is 0 Å². The standard InChI is InChI=1S/C24H30FN3O2/c1-16(29)28(3)22-11-6-17(7-12-22)19-8-13-23(25)20(14-19)15-27-24(30)18-4-9-21(26-2)10-5-18/h6-8,11-14,18,21,26H,4-5,9-10,15H2,1-3H3,(H,27,30). The summed E-state index contributed by atoms with van der Waals surface area (Å²) in [5, 5.41) is 6.18. The number of halogens is 1. The Morgan fingerprint density at radius 3 is 2.27 bits per heavy atom. The predicted molar refractivity (Wildman–Crippen MR) is 118 cm³/mol. The fourth-order valence-corrected chi connectivity index (χ4v) is 3.92. The molecule has 1 aliphatic carbocycles. The number of benzene rings is 2. The summed E-state index contributed by atoms with van der Waals surface area (Å²) in [7, 11) is 3.68. The van der Waals surface area contributed by atoms with Gasteiger partial charge in [0.15, 0.2) is 0 Å². The molecule has 5 nitrogen and oxygen atoms in total. The maximum atomic E-state index is 14.3. The normalized spacial score (nSPS) is 18.7. The highest BCUT2D eigenvalue weighted by atomic mass is 19.1. The van der Waals surface area contributed by atoms with Crippen LogP contribution in [0.15, 0.2) is 42.5 Å². The molecule has 0 radical (unpaired) electrons. The average Bonchev–Trinajstić information content (AvgIpc) is 2.78. The van der Waals surface area contributed by atoms with Crippen molar-refractivity contribution in [2.75, 3.05) is 19.0 Å². The molecule has 160 valence electrons. The minimum absolute atomic E-state index is 0.00554. The minimum atomic E-state index is -0.328. The third-order valence-corrected chi connectivity index (χ3v) is 6.07. The summed E-state index contributed by atoms with van der Waals surface area (Å²) in [6, 6.07) is 13.0. The van der Waals surface area contributed by atoms with Gasteiger partial charge in [-0.1, -0.05) is 18.2 Å². The Bertz CT molecular complexity index is 890. The smallest absolute Gasteiger partial charge is 0.223 e. The molecule has 0 bridgehead atoms. The van der Waals surface area contributed by atoms with Crippen LogP contribution in [0.1, 0.15) is 38.2 Å². The van der Waals surface area contributed by atoms with E-state index in [0.29, 0.717) is 11.6 Å². The Morgan fingerprint density at radius 2 is 1.67 bits per heavy atom. The fraction of sp³-hybridized carbons (Fsp3) is 0.417. The number of carbonyl (C=O) groups is 2. The van der Waals surface area contributed by atoms with Gasteiger partial charge in [0.05, 0.1) is 0 Å². The molecule has 1 fully saturated rings. The van der Waals surface area contributed by atoms with E-state index in [1.54, 1.807) is 24.1 Å². The lowest BCUT2D eigenvalue weighted by Crippen LogP contribution is -2.37. The number of hydrogen-bond donors (Lipinski definition) is 2. The van der Waals surface area contributed by atoms with Gasteiger partial charge in [0.25, 0.3) is 0 Å². The number of nitrogens with zero attached hydrogens (tertiary/aromatic N) is 1. The van der Waals surface area contributed by atoms with Gasteiger partial charge in [0, 0.05) is 43.7 Å². The first-order chi connectivity index (χ1) is 14.4. The Kier molecular flexibility index (Phi) is 7.21. The van der Waals surface area contributed by atoms with Gasteiger partial charge in [0.2, 0.25) is 11.8 Å². The molecule has 0 atom stereocenters. The highest BCUT2D eigenvalue weighted by molar-refractivity contribution is 5.91. The van der Waals surface area contributed by atoms with Crippen LogP contribution in [0.5, 0.6) is 0 Å². The second-order valence-corrected chi connectivity index (χ2v) is 7.99. The first kappa shape index (κ1) is 22.0. The zero-order chi connectivity index (χ0) is 21.7. The summed E-state index contributed by atoms with van der Waals surface area (Å²) in [4.78, 5) is 25.6. The lowest BCUT2D eigenvalue weighted by molar-refractivity contribution is -0.126. The van der Waals surface area contributed by atoms with Crippen molar-refractivity contribution >= 4 is 17.5 Å². The summed E-state index contributed by atoms with van der Waals surface area (Å²) in [5.74, 6) is -0.356. The van der Waals surface area contributed by atoms with Crippen LogP contribution >= 0.6 is 0 Å². The number of amides is 2. The molecule has 1 saturated carbocycles. The van der Waals surface area contributed by atoms with Crippen molar-refractivity contribution in [2.24, 2.45) is 5.92 Å². The molecule has 2 N–H and O–H groups in total. The van der Waals surface area contributed by atoms with Crippen molar-refractivity contribution in [1.29, 1.82) is 0 Å². The first-order valence-corrected chi connectivity index (χ1v) is 10.5. The quantitative estimate of drug-likeness (QED) is 0.759. The topological polar surface area (TPSA) is 61.4 Å².